The van der Waals surface area contributed by atoms with Gasteiger partial charge in [-0.15, -0.1) is 10.2 Å². The normalized spacial score (nSPS) is 22.8. The second-order valence-electron chi connectivity index (χ2n) is 6.85. The predicted molar refractivity (Wildman–Crippen MR) is 92.5 cm³/mol. The first-order chi connectivity index (χ1) is 11.3. The maximum atomic E-state index is 12.3. The van der Waals surface area contributed by atoms with E-state index < -0.39 is 0 Å². The molecule has 1 saturated carbocycles. The van der Waals surface area contributed by atoms with Gasteiger partial charge in [-0.05, 0) is 50.7 Å². The van der Waals surface area contributed by atoms with Gasteiger partial charge in [-0.25, -0.2) is 0 Å². The van der Waals surface area contributed by atoms with Gasteiger partial charge in [0, 0.05) is 18.5 Å². The molecule has 5 nitrogen and oxygen atoms in total. The Kier molecular flexibility index (Phi) is 5.47. The van der Waals surface area contributed by atoms with E-state index in [9.17, 15) is 4.79 Å². The van der Waals surface area contributed by atoms with Gasteiger partial charge in [-0.2, -0.15) is 0 Å². The van der Waals surface area contributed by atoms with Crippen LogP contribution in [-0.2, 0) is 4.79 Å². The van der Waals surface area contributed by atoms with E-state index in [4.69, 9.17) is 0 Å². The summed E-state index contributed by atoms with van der Waals surface area (Å²) in [5, 5.41) is 11.5. The number of rotatable bonds is 4. The summed E-state index contributed by atoms with van der Waals surface area (Å²) in [5.41, 5.74) is 0. The number of hydrogen-bond acceptors (Lipinski definition) is 4. The molecule has 1 unspecified atom stereocenters. The van der Waals surface area contributed by atoms with Gasteiger partial charge in [0.2, 0.25) is 5.91 Å². The van der Waals surface area contributed by atoms with Gasteiger partial charge < -0.3 is 10.2 Å². The molecule has 0 radical (unpaired) electrons. The molecule has 1 aliphatic carbocycles. The van der Waals surface area contributed by atoms with Crippen LogP contribution in [0.25, 0.3) is 0 Å². The van der Waals surface area contributed by atoms with E-state index in [2.05, 4.69) is 27.3 Å². The number of aromatic nitrogens is 2. The quantitative estimate of drug-likeness (QED) is 0.918. The summed E-state index contributed by atoms with van der Waals surface area (Å²) in [6, 6.07) is 4.46. The van der Waals surface area contributed by atoms with Gasteiger partial charge in [0.25, 0.3) is 0 Å². The van der Waals surface area contributed by atoms with Crippen molar-refractivity contribution in [1.29, 1.82) is 0 Å². The van der Waals surface area contributed by atoms with Gasteiger partial charge in [0.15, 0.2) is 11.6 Å². The van der Waals surface area contributed by atoms with Crippen LogP contribution in [0.5, 0.6) is 0 Å². The maximum absolute atomic E-state index is 12.3. The molecule has 1 aromatic rings. The summed E-state index contributed by atoms with van der Waals surface area (Å²) in [6.07, 6.45) is 10.5. The Morgan fingerprint density at radius 2 is 1.91 bits per heavy atom. The molecule has 2 fully saturated rings. The third kappa shape index (κ3) is 4.01. The first-order valence-corrected chi connectivity index (χ1v) is 9.19. The lowest BCUT2D eigenvalue weighted by Gasteiger charge is -2.35. The highest BCUT2D eigenvalue weighted by Gasteiger charge is 2.23. The van der Waals surface area contributed by atoms with E-state index in [1.54, 1.807) is 0 Å². The Bertz CT molecular complexity index is 510. The van der Waals surface area contributed by atoms with Gasteiger partial charge >= 0.3 is 0 Å². The van der Waals surface area contributed by atoms with E-state index in [0.717, 1.165) is 44.5 Å². The molecule has 1 N–H and O–H groups in total. The lowest BCUT2D eigenvalue weighted by Crippen LogP contribution is -2.39. The highest BCUT2D eigenvalue weighted by atomic mass is 16.1. The number of piperidine rings is 1. The molecule has 1 saturated heterocycles. The van der Waals surface area contributed by atoms with Crippen molar-refractivity contribution in [2.45, 2.75) is 70.8 Å². The molecule has 1 aliphatic heterocycles. The molecule has 0 spiro atoms. The largest absolute Gasteiger partial charge is 0.352 e. The Balaban J connectivity index is 1.61. The molecule has 2 heterocycles. The monoisotopic (exact) mass is 316 g/mol. The molecule has 1 amide bonds. The molecule has 23 heavy (non-hydrogen) atoms. The fraction of sp³-hybridized carbons (Fsp3) is 0.722. The SMILES string of the molecule is CCC1CCCCN1c1ccc(NC(=O)C2CCCCC2)nn1. The van der Waals surface area contributed by atoms with E-state index in [1.165, 1.54) is 25.7 Å². The van der Waals surface area contributed by atoms with Crippen molar-refractivity contribution >= 4 is 17.5 Å². The van der Waals surface area contributed by atoms with Crippen molar-refractivity contribution in [3.05, 3.63) is 12.1 Å². The van der Waals surface area contributed by atoms with Crippen LogP contribution >= 0.6 is 0 Å². The maximum Gasteiger partial charge on any atom is 0.228 e. The molecule has 5 heteroatoms. The number of carbonyl (C=O) groups is 1. The van der Waals surface area contributed by atoms with E-state index in [0.29, 0.717) is 11.9 Å². The van der Waals surface area contributed by atoms with Crippen molar-refractivity contribution < 1.29 is 4.79 Å². The predicted octanol–water partition coefficient (Wildman–Crippen LogP) is 3.76. The second kappa shape index (κ2) is 7.75. The third-order valence-corrected chi connectivity index (χ3v) is 5.27. The fourth-order valence-corrected chi connectivity index (χ4v) is 3.86. The molecular weight excluding hydrogens is 288 g/mol. The van der Waals surface area contributed by atoms with Crippen molar-refractivity contribution in [1.82, 2.24) is 10.2 Å². The zero-order valence-electron chi connectivity index (χ0n) is 14.1. The average molecular weight is 316 g/mol. The summed E-state index contributed by atoms with van der Waals surface area (Å²) in [6.45, 7) is 3.29. The second-order valence-corrected chi connectivity index (χ2v) is 6.85. The van der Waals surface area contributed by atoms with Crippen molar-refractivity contribution in [2.75, 3.05) is 16.8 Å². The topological polar surface area (TPSA) is 58.1 Å². The van der Waals surface area contributed by atoms with Crippen LogP contribution in [0.4, 0.5) is 11.6 Å². The highest BCUT2D eigenvalue weighted by molar-refractivity contribution is 5.91. The molecule has 0 aromatic carbocycles. The van der Waals surface area contributed by atoms with E-state index in [1.807, 2.05) is 12.1 Å². The number of nitrogens with zero attached hydrogens (tertiary/aromatic N) is 3. The average Bonchev–Trinajstić information content (AvgIpc) is 2.63. The van der Waals surface area contributed by atoms with Gasteiger partial charge in [-0.1, -0.05) is 26.2 Å². The summed E-state index contributed by atoms with van der Waals surface area (Å²) in [7, 11) is 0. The van der Waals surface area contributed by atoms with Crippen LogP contribution in [0.15, 0.2) is 12.1 Å². The van der Waals surface area contributed by atoms with Crippen LogP contribution < -0.4 is 10.2 Å². The molecule has 126 valence electrons. The zero-order valence-corrected chi connectivity index (χ0v) is 14.1. The molecule has 0 bridgehead atoms. The molecular formula is C18H28N4O. The molecule has 3 rings (SSSR count). The summed E-state index contributed by atoms with van der Waals surface area (Å²) in [4.78, 5) is 14.6. The number of amides is 1. The lowest BCUT2D eigenvalue weighted by atomic mass is 9.89. The van der Waals surface area contributed by atoms with Crippen LogP contribution in [0, 0.1) is 5.92 Å². The number of nitrogens with one attached hydrogen (secondary N) is 1. The lowest BCUT2D eigenvalue weighted by molar-refractivity contribution is -0.120. The Morgan fingerprint density at radius 1 is 1.13 bits per heavy atom. The number of hydrogen-bond donors (Lipinski definition) is 1. The van der Waals surface area contributed by atoms with Crippen LogP contribution in [0.1, 0.15) is 64.7 Å². The van der Waals surface area contributed by atoms with Crippen LogP contribution in [-0.4, -0.2) is 28.7 Å². The minimum Gasteiger partial charge on any atom is -0.352 e. The van der Waals surface area contributed by atoms with Crippen molar-refractivity contribution in [2.24, 2.45) is 5.92 Å². The minimum absolute atomic E-state index is 0.108. The Labute approximate surface area is 138 Å². The van der Waals surface area contributed by atoms with E-state index in [-0.39, 0.29) is 11.8 Å². The van der Waals surface area contributed by atoms with Gasteiger partial charge in [0.1, 0.15) is 0 Å². The summed E-state index contributed by atoms with van der Waals surface area (Å²) >= 11 is 0. The Morgan fingerprint density at radius 3 is 2.61 bits per heavy atom. The standard InChI is InChI=1S/C18H28N4O/c1-2-15-10-6-7-13-22(15)17-12-11-16(20-21-17)19-18(23)14-8-4-3-5-9-14/h11-12,14-15H,2-10,13H2,1H3,(H,19,20,23). The van der Waals surface area contributed by atoms with E-state index >= 15 is 0 Å². The summed E-state index contributed by atoms with van der Waals surface area (Å²) < 4.78 is 0. The number of anilines is 2. The minimum atomic E-state index is 0.108. The van der Waals surface area contributed by atoms with Crippen molar-refractivity contribution in [3.63, 3.8) is 0 Å². The van der Waals surface area contributed by atoms with Crippen molar-refractivity contribution in [3.8, 4) is 0 Å². The summed E-state index contributed by atoms with van der Waals surface area (Å²) in [5.74, 6) is 1.77. The first-order valence-electron chi connectivity index (χ1n) is 9.19. The van der Waals surface area contributed by atoms with Crippen LogP contribution in [0.2, 0.25) is 0 Å². The molecule has 2 aliphatic rings. The van der Waals surface area contributed by atoms with Gasteiger partial charge in [-0.3, -0.25) is 4.79 Å². The zero-order chi connectivity index (χ0) is 16.1. The third-order valence-electron chi connectivity index (χ3n) is 5.27. The smallest absolute Gasteiger partial charge is 0.228 e. The molecule has 1 aromatic heterocycles. The molecule has 1 atom stereocenters. The number of carbonyl (C=O) groups excluding carboxylic acids is 1. The first kappa shape index (κ1) is 16.2. The van der Waals surface area contributed by atoms with Gasteiger partial charge in [0.05, 0.1) is 0 Å². The van der Waals surface area contributed by atoms with Crippen LogP contribution in [0.3, 0.4) is 0 Å². The Hall–Kier alpha value is -1.65. The fourth-order valence-electron chi connectivity index (χ4n) is 3.86. The highest BCUT2D eigenvalue weighted by Crippen LogP contribution is 2.26.